The third-order valence-corrected chi connectivity index (χ3v) is 5.78. The van der Waals surface area contributed by atoms with Crippen molar-refractivity contribution in [3.8, 4) is 0 Å². The van der Waals surface area contributed by atoms with Crippen LogP contribution in [0.15, 0.2) is 11.5 Å². The number of hydrogen-bond donors (Lipinski definition) is 1. The molecular weight excluding hydrogens is 306 g/mol. The van der Waals surface area contributed by atoms with Crippen LogP contribution in [0.1, 0.15) is 23.3 Å². The zero-order valence-corrected chi connectivity index (χ0v) is 12.8. The molecular formula is C13H13N5OS2. The highest BCUT2D eigenvalue weighted by atomic mass is 32.2. The molecule has 1 amide bonds. The fraction of sp³-hybridized carbons (Fsp3) is 0.385. The lowest BCUT2D eigenvalue weighted by atomic mass is 9.97. The van der Waals surface area contributed by atoms with Gasteiger partial charge in [0.2, 0.25) is 5.91 Å². The maximum Gasteiger partial charge on any atom is 0.227 e. The third-order valence-electron chi connectivity index (χ3n) is 3.65. The molecule has 3 aromatic rings. The number of amides is 1. The van der Waals surface area contributed by atoms with Crippen LogP contribution in [0.2, 0.25) is 0 Å². The Bertz CT molecular complexity index is 853. The summed E-state index contributed by atoms with van der Waals surface area (Å²) < 4.78 is 1.72. The molecule has 0 saturated carbocycles. The molecule has 108 valence electrons. The summed E-state index contributed by atoms with van der Waals surface area (Å²) in [6.45, 7) is 0. The Morgan fingerprint density at radius 1 is 1.43 bits per heavy atom. The highest BCUT2D eigenvalue weighted by molar-refractivity contribution is 7.99. The Hall–Kier alpha value is -1.67. The lowest BCUT2D eigenvalue weighted by Crippen LogP contribution is -2.13. The second-order valence-corrected chi connectivity index (χ2v) is 7.06. The minimum Gasteiger partial charge on any atom is -0.369 e. The van der Waals surface area contributed by atoms with E-state index in [2.05, 4.69) is 15.1 Å². The van der Waals surface area contributed by atoms with Gasteiger partial charge in [0.05, 0.1) is 11.1 Å². The third kappa shape index (κ3) is 2.09. The maximum absolute atomic E-state index is 11.0. The van der Waals surface area contributed by atoms with Gasteiger partial charge in [-0.1, -0.05) is 11.8 Å². The van der Waals surface area contributed by atoms with Gasteiger partial charge >= 0.3 is 0 Å². The molecule has 0 fully saturated rings. The van der Waals surface area contributed by atoms with E-state index in [1.54, 1.807) is 15.9 Å². The van der Waals surface area contributed by atoms with Gasteiger partial charge in [0.25, 0.3) is 0 Å². The molecule has 0 unspecified atom stereocenters. The molecule has 0 saturated heterocycles. The first-order valence-electron chi connectivity index (χ1n) is 6.79. The molecule has 6 nitrogen and oxygen atoms in total. The van der Waals surface area contributed by atoms with Crippen molar-refractivity contribution in [2.24, 2.45) is 5.73 Å². The molecule has 0 atom stereocenters. The number of fused-ring (bicyclic) bond motifs is 5. The van der Waals surface area contributed by atoms with Crippen LogP contribution < -0.4 is 5.73 Å². The predicted molar refractivity (Wildman–Crippen MR) is 82.7 cm³/mol. The number of thiophene rings is 1. The van der Waals surface area contributed by atoms with Crippen LogP contribution in [-0.2, 0) is 17.6 Å². The average Bonchev–Trinajstić information content (AvgIpc) is 3.07. The quantitative estimate of drug-likeness (QED) is 0.587. The number of nitrogens with two attached hydrogens (primary N) is 1. The van der Waals surface area contributed by atoms with Crippen LogP contribution in [0.3, 0.4) is 0 Å². The molecule has 0 bridgehead atoms. The summed E-state index contributed by atoms with van der Waals surface area (Å²) in [4.78, 5) is 22.5. The lowest BCUT2D eigenvalue weighted by molar-refractivity contribution is -0.115. The highest BCUT2D eigenvalue weighted by Gasteiger charge is 2.21. The van der Waals surface area contributed by atoms with Gasteiger partial charge in [0, 0.05) is 4.88 Å². The summed E-state index contributed by atoms with van der Waals surface area (Å²) in [6, 6.07) is 0. The molecule has 3 aromatic heterocycles. The topological polar surface area (TPSA) is 86.2 Å². The number of carbonyl (C=O) groups excluding carboxylic acids is 1. The summed E-state index contributed by atoms with van der Waals surface area (Å²) in [5, 5.41) is 6.06. The number of carbonyl (C=O) groups is 1. The number of hydrogen-bond acceptors (Lipinski definition) is 6. The fourth-order valence-electron chi connectivity index (χ4n) is 2.78. The van der Waals surface area contributed by atoms with Crippen LogP contribution in [-0.4, -0.2) is 31.2 Å². The van der Waals surface area contributed by atoms with Crippen LogP contribution in [0.25, 0.3) is 15.9 Å². The molecule has 0 aromatic carbocycles. The molecule has 3 heterocycles. The van der Waals surface area contributed by atoms with E-state index in [0.717, 1.165) is 28.7 Å². The Balaban J connectivity index is 1.95. The van der Waals surface area contributed by atoms with Crippen molar-refractivity contribution in [3.05, 3.63) is 16.8 Å². The SMILES string of the molecule is NC(=O)CSc1nc2sc3c(c2c2ncnn12)CCCC3. The van der Waals surface area contributed by atoms with E-state index < -0.39 is 0 Å². The van der Waals surface area contributed by atoms with E-state index in [1.165, 1.54) is 41.4 Å². The van der Waals surface area contributed by atoms with Crippen molar-refractivity contribution in [2.45, 2.75) is 30.8 Å². The van der Waals surface area contributed by atoms with Crippen molar-refractivity contribution in [1.82, 2.24) is 19.6 Å². The Morgan fingerprint density at radius 2 is 2.29 bits per heavy atom. The van der Waals surface area contributed by atoms with Gasteiger partial charge in [-0.3, -0.25) is 4.79 Å². The smallest absolute Gasteiger partial charge is 0.227 e. The normalized spacial score (nSPS) is 14.7. The van der Waals surface area contributed by atoms with Gasteiger partial charge in [0.15, 0.2) is 10.8 Å². The van der Waals surface area contributed by atoms with Gasteiger partial charge in [-0.05, 0) is 31.2 Å². The molecule has 0 radical (unpaired) electrons. The number of primary amides is 1. The molecule has 2 N–H and O–H groups in total. The Labute approximate surface area is 128 Å². The number of rotatable bonds is 3. The number of aryl methyl sites for hydroxylation is 2. The number of thioether (sulfide) groups is 1. The Morgan fingerprint density at radius 3 is 3.14 bits per heavy atom. The zero-order valence-electron chi connectivity index (χ0n) is 11.2. The maximum atomic E-state index is 11.0. The van der Waals surface area contributed by atoms with Crippen molar-refractivity contribution in [1.29, 1.82) is 0 Å². The molecule has 4 rings (SSSR count). The van der Waals surface area contributed by atoms with Gasteiger partial charge < -0.3 is 5.73 Å². The molecule has 0 aliphatic heterocycles. The van der Waals surface area contributed by atoms with E-state index in [0.29, 0.717) is 5.16 Å². The van der Waals surface area contributed by atoms with Gasteiger partial charge in [0.1, 0.15) is 11.2 Å². The second kappa shape index (κ2) is 4.96. The molecule has 1 aliphatic carbocycles. The lowest BCUT2D eigenvalue weighted by Gasteiger charge is -2.10. The van der Waals surface area contributed by atoms with E-state index in [9.17, 15) is 4.79 Å². The first kappa shape index (κ1) is 13.0. The Kier molecular flexibility index (Phi) is 3.07. The number of aromatic nitrogens is 4. The molecule has 21 heavy (non-hydrogen) atoms. The van der Waals surface area contributed by atoms with Crippen LogP contribution >= 0.6 is 23.1 Å². The van der Waals surface area contributed by atoms with Gasteiger partial charge in [-0.2, -0.15) is 9.61 Å². The van der Waals surface area contributed by atoms with Crippen LogP contribution in [0, 0.1) is 0 Å². The van der Waals surface area contributed by atoms with E-state index >= 15 is 0 Å². The predicted octanol–water partition coefficient (Wildman–Crippen LogP) is 1.80. The van der Waals surface area contributed by atoms with E-state index in [1.807, 2.05) is 0 Å². The average molecular weight is 319 g/mol. The van der Waals surface area contributed by atoms with Gasteiger partial charge in [-0.25, -0.2) is 9.97 Å². The van der Waals surface area contributed by atoms with E-state index in [4.69, 9.17) is 5.73 Å². The summed E-state index contributed by atoms with van der Waals surface area (Å²) in [5.74, 6) is -0.168. The second-order valence-electron chi connectivity index (χ2n) is 5.04. The standard InChI is InChI=1S/C13H13N5OS2/c14-9(19)5-20-13-17-12-10(11-15-6-16-18(11)13)7-3-1-2-4-8(7)21-12/h6H,1-5H2,(H2,14,19). The van der Waals surface area contributed by atoms with Crippen LogP contribution in [0.5, 0.6) is 0 Å². The zero-order chi connectivity index (χ0) is 14.4. The van der Waals surface area contributed by atoms with Crippen molar-refractivity contribution in [3.63, 3.8) is 0 Å². The summed E-state index contributed by atoms with van der Waals surface area (Å²) >= 11 is 3.05. The monoisotopic (exact) mass is 319 g/mol. The first-order chi connectivity index (χ1) is 10.2. The van der Waals surface area contributed by atoms with Crippen molar-refractivity contribution in [2.75, 3.05) is 5.75 Å². The van der Waals surface area contributed by atoms with Crippen molar-refractivity contribution >= 4 is 44.9 Å². The van der Waals surface area contributed by atoms with Crippen LogP contribution in [0.4, 0.5) is 0 Å². The summed E-state index contributed by atoms with van der Waals surface area (Å²) in [7, 11) is 0. The number of nitrogens with zero attached hydrogens (tertiary/aromatic N) is 4. The largest absolute Gasteiger partial charge is 0.369 e. The molecule has 8 heteroatoms. The van der Waals surface area contributed by atoms with E-state index in [-0.39, 0.29) is 11.7 Å². The summed E-state index contributed by atoms with van der Waals surface area (Å²) in [6.07, 6.45) is 6.22. The fourth-order valence-corrected chi connectivity index (χ4v) is 4.77. The first-order valence-corrected chi connectivity index (χ1v) is 8.59. The summed E-state index contributed by atoms with van der Waals surface area (Å²) in [5.41, 5.74) is 7.45. The molecule has 1 aliphatic rings. The van der Waals surface area contributed by atoms with Crippen molar-refractivity contribution < 1.29 is 4.79 Å². The highest BCUT2D eigenvalue weighted by Crippen LogP contribution is 2.38. The van der Waals surface area contributed by atoms with Gasteiger partial charge in [-0.15, -0.1) is 11.3 Å². The molecule has 0 spiro atoms. The minimum atomic E-state index is -0.361. The minimum absolute atomic E-state index is 0.193.